The second-order valence-electron chi connectivity index (χ2n) is 4.83. The van der Waals surface area contributed by atoms with Crippen molar-refractivity contribution in [2.45, 2.75) is 33.6 Å². The molecule has 3 heteroatoms. The van der Waals surface area contributed by atoms with Gasteiger partial charge in [0.15, 0.2) is 0 Å². The number of nitrogens with zero attached hydrogens (tertiary/aromatic N) is 2. The molecule has 0 fully saturated rings. The van der Waals surface area contributed by atoms with E-state index in [9.17, 15) is 5.26 Å². The van der Waals surface area contributed by atoms with E-state index in [1.807, 2.05) is 26.0 Å². The molecule has 0 unspecified atom stereocenters. The molecule has 0 atom stereocenters. The molecule has 1 aromatic heterocycles. The molecule has 0 amide bonds. The van der Waals surface area contributed by atoms with Crippen LogP contribution >= 0.6 is 0 Å². The average Bonchev–Trinajstić information content (AvgIpc) is 2.41. The summed E-state index contributed by atoms with van der Waals surface area (Å²) in [7, 11) is 0. The highest BCUT2D eigenvalue weighted by atomic mass is 16.5. The van der Waals surface area contributed by atoms with Crippen molar-refractivity contribution >= 4 is 0 Å². The van der Waals surface area contributed by atoms with Gasteiger partial charge in [-0.3, -0.25) is 4.98 Å². The highest BCUT2D eigenvalue weighted by molar-refractivity contribution is 5.48. The van der Waals surface area contributed by atoms with E-state index in [0.29, 0.717) is 17.0 Å². The van der Waals surface area contributed by atoms with Crippen LogP contribution in [0, 0.1) is 25.2 Å². The van der Waals surface area contributed by atoms with E-state index in [0.717, 1.165) is 24.3 Å². The third-order valence-corrected chi connectivity index (χ3v) is 3.09. The molecule has 1 aromatic carbocycles. The number of benzene rings is 1. The molecule has 0 saturated carbocycles. The molecule has 0 aliphatic carbocycles. The molecule has 2 aromatic rings. The monoisotopic (exact) mass is 266 g/mol. The standard InChI is InChI=1S/C17H18N2O/c1-4-5-14-6-8-15(9-7-14)20-17-10-12(2)19-13(3)16(17)11-18/h6-10H,4-5H2,1-3H3. The average molecular weight is 266 g/mol. The lowest BCUT2D eigenvalue weighted by molar-refractivity contribution is 0.479. The summed E-state index contributed by atoms with van der Waals surface area (Å²) < 4.78 is 5.83. The summed E-state index contributed by atoms with van der Waals surface area (Å²) in [5.74, 6) is 1.31. The van der Waals surface area contributed by atoms with E-state index in [4.69, 9.17) is 4.74 Å². The molecule has 0 N–H and O–H groups in total. The minimum atomic E-state index is 0.494. The van der Waals surface area contributed by atoms with E-state index in [1.165, 1.54) is 5.56 Å². The zero-order valence-corrected chi connectivity index (χ0v) is 12.1. The molecule has 0 radical (unpaired) electrons. The maximum atomic E-state index is 9.21. The molecule has 0 bridgehead atoms. The van der Waals surface area contributed by atoms with Crippen LogP contribution in [-0.4, -0.2) is 4.98 Å². The van der Waals surface area contributed by atoms with Crippen LogP contribution in [0.4, 0.5) is 0 Å². The lowest BCUT2D eigenvalue weighted by Gasteiger charge is -2.10. The minimum Gasteiger partial charge on any atom is -0.456 e. The van der Waals surface area contributed by atoms with E-state index in [2.05, 4.69) is 30.1 Å². The van der Waals surface area contributed by atoms with Gasteiger partial charge >= 0.3 is 0 Å². The zero-order valence-electron chi connectivity index (χ0n) is 12.1. The number of rotatable bonds is 4. The normalized spacial score (nSPS) is 10.1. The maximum Gasteiger partial charge on any atom is 0.148 e. The van der Waals surface area contributed by atoms with Crippen LogP contribution in [0.5, 0.6) is 11.5 Å². The van der Waals surface area contributed by atoms with Crippen LogP contribution < -0.4 is 4.74 Å². The van der Waals surface area contributed by atoms with Gasteiger partial charge in [-0.2, -0.15) is 5.26 Å². The van der Waals surface area contributed by atoms with Crippen molar-refractivity contribution in [1.29, 1.82) is 5.26 Å². The number of aryl methyl sites for hydroxylation is 3. The van der Waals surface area contributed by atoms with Crippen molar-refractivity contribution in [3.63, 3.8) is 0 Å². The molecule has 102 valence electrons. The Morgan fingerprint density at radius 3 is 2.50 bits per heavy atom. The van der Waals surface area contributed by atoms with Crippen LogP contribution in [0.3, 0.4) is 0 Å². The highest BCUT2D eigenvalue weighted by Gasteiger charge is 2.10. The molecule has 0 aliphatic rings. The van der Waals surface area contributed by atoms with Gasteiger partial charge in [0, 0.05) is 11.8 Å². The Labute approximate surface area is 119 Å². The second-order valence-corrected chi connectivity index (χ2v) is 4.83. The Bertz CT molecular complexity index is 639. The number of nitriles is 1. The van der Waals surface area contributed by atoms with Crippen molar-refractivity contribution in [1.82, 2.24) is 4.98 Å². The van der Waals surface area contributed by atoms with E-state index in [-0.39, 0.29) is 0 Å². The van der Waals surface area contributed by atoms with E-state index in [1.54, 1.807) is 6.07 Å². The Hall–Kier alpha value is -2.34. The Morgan fingerprint density at radius 1 is 1.20 bits per heavy atom. The van der Waals surface area contributed by atoms with Gasteiger partial charge in [0.1, 0.15) is 23.1 Å². The molecule has 3 nitrogen and oxygen atoms in total. The summed E-state index contributed by atoms with van der Waals surface area (Å²) in [6.45, 7) is 5.88. The summed E-state index contributed by atoms with van der Waals surface area (Å²) in [5, 5.41) is 9.21. The van der Waals surface area contributed by atoms with Gasteiger partial charge in [0.2, 0.25) is 0 Å². The largest absolute Gasteiger partial charge is 0.456 e. The van der Waals surface area contributed by atoms with Gasteiger partial charge in [0.05, 0.1) is 5.69 Å². The molecule has 0 spiro atoms. The maximum absolute atomic E-state index is 9.21. The number of ether oxygens (including phenoxy) is 1. The smallest absolute Gasteiger partial charge is 0.148 e. The summed E-state index contributed by atoms with van der Waals surface area (Å²) in [4.78, 5) is 4.28. The fourth-order valence-electron chi connectivity index (χ4n) is 2.15. The quantitative estimate of drug-likeness (QED) is 0.828. The first-order chi connectivity index (χ1) is 9.63. The van der Waals surface area contributed by atoms with Crippen LogP contribution in [0.15, 0.2) is 30.3 Å². The van der Waals surface area contributed by atoms with Crippen molar-refractivity contribution in [3.8, 4) is 17.6 Å². The predicted octanol–water partition coefficient (Wildman–Crippen LogP) is 4.31. The van der Waals surface area contributed by atoms with Crippen molar-refractivity contribution in [2.75, 3.05) is 0 Å². The van der Waals surface area contributed by atoms with Crippen molar-refractivity contribution in [2.24, 2.45) is 0 Å². The molecule has 1 heterocycles. The Kier molecular flexibility index (Phi) is 4.37. The van der Waals surface area contributed by atoms with Gasteiger partial charge in [-0.05, 0) is 38.0 Å². The molecular weight excluding hydrogens is 248 g/mol. The fraction of sp³-hybridized carbons (Fsp3) is 0.294. The lowest BCUT2D eigenvalue weighted by Crippen LogP contribution is -1.96. The van der Waals surface area contributed by atoms with Gasteiger partial charge < -0.3 is 4.74 Å². The first kappa shape index (κ1) is 14.1. The molecule has 0 saturated heterocycles. The molecule has 20 heavy (non-hydrogen) atoms. The van der Waals surface area contributed by atoms with Gasteiger partial charge in [-0.25, -0.2) is 0 Å². The first-order valence-corrected chi connectivity index (χ1v) is 6.79. The molecular formula is C17H18N2O. The number of hydrogen-bond donors (Lipinski definition) is 0. The second kappa shape index (κ2) is 6.21. The predicted molar refractivity (Wildman–Crippen MR) is 78.9 cm³/mol. The third-order valence-electron chi connectivity index (χ3n) is 3.09. The zero-order chi connectivity index (χ0) is 14.5. The fourth-order valence-corrected chi connectivity index (χ4v) is 2.15. The molecule has 0 aliphatic heterocycles. The number of hydrogen-bond acceptors (Lipinski definition) is 3. The van der Waals surface area contributed by atoms with Gasteiger partial charge in [-0.1, -0.05) is 25.5 Å². The summed E-state index contributed by atoms with van der Waals surface area (Å²) in [6, 6.07) is 12.0. The Morgan fingerprint density at radius 2 is 1.90 bits per heavy atom. The topological polar surface area (TPSA) is 45.9 Å². The van der Waals surface area contributed by atoms with Crippen LogP contribution in [0.25, 0.3) is 0 Å². The Balaban J connectivity index is 2.28. The van der Waals surface area contributed by atoms with Crippen LogP contribution in [-0.2, 0) is 6.42 Å². The van der Waals surface area contributed by atoms with Crippen LogP contribution in [0.1, 0.15) is 35.9 Å². The van der Waals surface area contributed by atoms with Gasteiger partial charge in [-0.15, -0.1) is 0 Å². The lowest BCUT2D eigenvalue weighted by atomic mass is 10.1. The van der Waals surface area contributed by atoms with Gasteiger partial charge in [0.25, 0.3) is 0 Å². The van der Waals surface area contributed by atoms with E-state index >= 15 is 0 Å². The summed E-state index contributed by atoms with van der Waals surface area (Å²) in [6.07, 6.45) is 2.19. The van der Waals surface area contributed by atoms with Crippen LogP contribution in [0.2, 0.25) is 0 Å². The van der Waals surface area contributed by atoms with E-state index < -0.39 is 0 Å². The molecule has 2 rings (SSSR count). The number of pyridine rings is 1. The van der Waals surface area contributed by atoms with Crippen molar-refractivity contribution < 1.29 is 4.74 Å². The number of aromatic nitrogens is 1. The van der Waals surface area contributed by atoms with Crippen molar-refractivity contribution in [3.05, 3.63) is 52.8 Å². The first-order valence-electron chi connectivity index (χ1n) is 6.79. The minimum absolute atomic E-state index is 0.494. The summed E-state index contributed by atoms with van der Waals surface area (Å²) in [5.41, 5.74) is 3.33. The summed E-state index contributed by atoms with van der Waals surface area (Å²) >= 11 is 0. The SMILES string of the molecule is CCCc1ccc(Oc2cc(C)nc(C)c2C#N)cc1. The third kappa shape index (κ3) is 3.16. The highest BCUT2D eigenvalue weighted by Crippen LogP contribution is 2.27.